The van der Waals surface area contributed by atoms with Crippen molar-refractivity contribution in [2.75, 3.05) is 6.29 Å². The summed E-state index contributed by atoms with van der Waals surface area (Å²) < 4.78 is 23.7. The Morgan fingerprint density at radius 3 is 1.86 bits per heavy atom. The molecule has 0 fully saturated rings. The van der Waals surface area contributed by atoms with E-state index in [2.05, 4.69) is 5.32 Å². The smallest absolute Gasteiger partial charge is 0.415 e. The van der Waals surface area contributed by atoms with Crippen molar-refractivity contribution in [3.8, 4) is 23.8 Å². The second-order valence-electron chi connectivity index (χ2n) is 4.23. The molecule has 0 atom stereocenters. The molecule has 0 radical (unpaired) electrons. The Morgan fingerprint density at radius 2 is 1.45 bits per heavy atom. The van der Waals surface area contributed by atoms with E-state index in [4.69, 9.17) is 15.5 Å². The first-order chi connectivity index (χ1) is 10.6. The molecular weight excluding hydrogens is 301 g/mol. The molecule has 1 N–H and O–H groups in total. The van der Waals surface area contributed by atoms with Gasteiger partial charge in [0.1, 0.15) is 17.8 Å². The molecule has 0 saturated heterocycles. The van der Waals surface area contributed by atoms with Crippen LogP contribution in [0.4, 0.5) is 0 Å². The van der Waals surface area contributed by atoms with Crippen LogP contribution in [-0.2, 0) is 9.36 Å². The lowest BCUT2D eigenvalue weighted by Gasteiger charge is -2.20. The number of nitrogens with one attached hydrogen (secondary N) is 1. The Balaban J connectivity index is 2.18. The van der Waals surface area contributed by atoms with Gasteiger partial charge in [-0.3, -0.25) is 4.79 Å². The van der Waals surface area contributed by atoms with E-state index in [1.54, 1.807) is 60.7 Å². The van der Waals surface area contributed by atoms with Crippen LogP contribution in [-0.4, -0.2) is 12.2 Å². The van der Waals surface area contributed by atoms with E-state index in [0.717, 1.165) is 0 Å². The lowest BCUT2D eigenvalue weighted by atomic mass is 10.3. The van der Waals surface area contributed by atoms with Gasteiger partial charge in [-0.2, -0.15) is 0 Å². The molecule has 0 aliphatic rings. The maximum absolute atomic E-state index is 12.8. The fourth-order valence-corrected chi connectivity index (χ4v) is 2.98. The molecule has 6 heteroatoms. The van der Waals surface area contributed by atoms with Crippen molar-refractivity contribution in [1.82, 2.24) is 5.32 Å². The van der Waals surface area contributed by atoms with E-state index in [1.807, 2.05) is 5.92 Å². The first-order valence-electron chi connectivity index (χ1n) is 6.44. The number of benzene rings is 2. The molecule has 0 spiro atoms. The van der Waals surface area contributed by atoms with Crippen LogP contribution in [0.2, 0.25) is 0 Å². The maximum atomic E-state index is 12.8. The second-order valence-corrected chi connectivity index (χ2v) is 6.13. The summed E-state index contributed by atoms with van der Waals surface area (Å²) in [5.41, 5.74) is 0. The van der Waals surface area contributed by atoms with Crippen LogP contribution in [0.15, 0.2) is 60.7 Å². The monoisotopic (exact) mass is 315 g/mol. The zero-order valence-electron chi connectivity index (χ0n) is 11.6. The van der Waals surface area contributed by atoms with E-state index >= 15 is 0 Å². The van der Waals surface area contributed by atoms with Gasteiger partial charge in [-0.05, 0) is 30.2 Å². The van der Waals surface area contributed by atoms with Crippen molar-refractivity contribution in [1.29, 1.82) is 0 Å². The molecule has 5 nitrogen and oxygen atoms in total. The Kier molecular flexibility index (Phi) is 5.24. The molecule has 0 unspecified atom stereocenters. The molecule has 2 rings (SSSR count). The van der Waals surface area contributed by atoms with Gasteiger partial charge in [-0.25, -0.2) is 4.57 Å². The number of terminal acetylenes is 1. The number of carbonyl (C=O) groups is 1. The average molecular weight is 315 g/mol. The summed E-state index contributed by atoms with van der Waals surface area (Å²) in [4.78, 5) is 11.2. The zero-order valence-corrected chi connectivity index (χ0v) is 12.5. The summed E-state index contributed by atoms with van der Waals surface area (Å²) in [5.74, 6) is 1.94. The predicted molar refractivity (Wildman–Crippen MR) is 83.6 cm³/mol. The molecule has 0 aromatic heterocycles. The van der Waals surface area contributed by atoms with Crippen molar-refractivity contribution in [2.45, 2.75) is 0 Å². The fraction of sp³-hybridized carbons (Fsp3) is 0.0625. The van der Waals surface area contributed by atoms with Gasteiger partial charge < -0.3 is 14.4 Å². The third-order valence-electron chi connectivity index (χ3n) is 2.54. The standard InChI is InChI=1S/C16H14NO4P/c1-2-16(18)17-13-22(19,20-14-9-5-3-6-10-14)21-15-11-7-4-8-12-15/h1,3-12H,13H2,(H,17,18). The van der Waals surface area contributed by atoms with Crippen LogP contribution >= 0.6 is 7.60 Å². The summed E-state index contributed by atoms with van der Waals surface area (Å²) in [6.07, 6.45) is 4.64. The van der Waals surface area contributed by atoms with Gasteiger partial charge in [0.05, 0.1) is 0 Å². The molecule has 112 valence electrons. The molecule has 22 heavy (non-hydrogen) atoms. The predicted octanol–water partition coefficient (Wildman–Crippen LogP) is 3.04. The Morgan fingerprint density at radius 1 is 1.00 bits per heavy atom. The van der Waals surface area contributed by atoms with Gasteiger partial charge in [-0.15, -0.1) is 6.42 Å². The number of carbonyl (C=O) groups excluding carboxylic acids is 1. The van der Waals surface area contributed by atoms with Crippen molar-refractivity contribution in [3.05, 3.63) is 60.7 Å². The first-order valence-corrected chi connectivity index (χ1v) is 8.17. The Labute approximate surface area is 128 Å². The third kappa shape index (κ3) is 4.69. The Hall–Kier alpha value is -2.70. The SMILES string of the molecule is C#CC(=O)NCP(=O)(Oc1ccccc1)Oc1ccccc1. The number of rotatable bonds is 6. The summed E-state index contributed by atoms with van der Waals surface area (Å²) in [6.45, 7) is 0. The van der Waals surface area contributed by atoms with E-state index in [9.17, 15) is 9.36 Å². The van der Waals surface area contributed by atoms with Gasteiger partial charge >= 0.3 is 7.60 Å². The minimum Gasteiger partial charge on any atom is -0.415 e. The van der Waals surface area contributed by atoms with Gasteiger partial charge in [0.15, 0.2) is 0 Å². The van der Waals surface area contributed by atoms with E-state index < -0.39 is 13.5 Å². The molecule has 2 aromatic rings. The third-order valence-corrected chi connectivity index (χ3v) is 4.06. The molecule has 0 heterocycles. The fourth-order valence-electron chi connectivity index (χ4n) is 1.59. The van der Waals surface area contributed by atoms with Crippen molar-refractivity contribution < 1.29 is 18.4 Å². The van der Waals surface area contributed by atoms with E-state index in [0.29, 0.717) is 11.5 Å². The van der Waals surface area contributed by atoms with Crippen LogP contribution in [0.1, 0.15) is 0 Å². The number of amides is 1. The molecule has 0 aliphatic heterocycles. The summed E-state index contributed by atoms with van der Waals surface area (Å²) in [6, 6.07) is 17.1. The molecule has 0 bridgehead atoms. The molecule has 0 aliphatic carbocycles. The van der Waals surface area contributed by atoms with Crippen molar-refractivity contribution in [2.24, 2.45) is 0 Å². The van der Waals surface area contributed by atoms with Crippen LogP contribution in [0.3, 0.4) is 0 Å². The second kappa shape index (κ2) is 7.35. The average Bonchev–Trinajstić information content (AvgIpc) is 2.54. The lowest BCUT2D eigenvalue weighted by molar-refractivity contribution is -0.115. The minimum atomic E-state index is -3.66. The van der Waals surface area contributed by atoms with E-state index in [-0.39, 0.29) is 6.29 Å². The highest BCUT2D eigenvalue weighted by Gasteiger charge is 2.28. The maximum Gasteiger partial charge on any atom is 0.449 e. The highest BCUT2D eigenvalue weighted by Crippen LogP contribution is 2.47. The number of hydrogen-bond acceptors (Lipinski definition) is 4. The summed E-state index contributed by atoms with van der Waals surface area (Å²) >= 11 is 0. The lowest BCUT2D eigenvalue weighted by Crippen LogP contribution is -2.25. The van der Waals surface area contributed by atoms with Crippen LogP contribution < -0.4 is 14.4 Å². The highest BCUT2D eigenvalue weighted by atomic mass is 31.2. The van der Waals surface area contributed by atoms with Crippen LogP contribution in [0.5, 0.6) is 11.5 Å². The van der Waals surface area contributed by atoms with Gasteiger partial charge in [0.25, 0.3) is 5.91 Å². The summed E-state index contributed by atoms with van der Waals surface area (Å²) in [5, 5.41) is 2.33. The van der Waals surface area contributed by atoms with Crippen LogP contribution in [0.25, 0.3) is 0 Å². The van der Waals surface area contributed by atoms with Gasteiger partial charge in [-0.1, -0.05) is 36.4 Å². The van der Waals surface area contributed by atoms with Crippen molar-refractivity contribution >= 4 is 13.5 Å². The Bertz CT molecular complexity index is 664. The van der Waals surface area contributed by atoms with Gasteiger partial charge in [0, 0.05) is 0 Å². The highest BCUT2D eigenvalue weighted by molar-refractivity contribution is 7.54. The zero-order chi connectivity index (χ0) is 15.8. The molecular formula is C16H14NO4P. The molecule has 1 amide bonds. The van der Waals surface area contributed by atoms with Crippen molar-refractivity contribution in [3.63, 3.8) is 0 Å². The largest absolute Gasteiger partial charge is 0.449 e. The summed E-state index contributed by atoms with van der Waals surface area (Å²) in [7, 11) is -3.66. The quantitative estimate of drug-likeness (QED) is 0.657. The van der Waals surface area contributed by atoms with Gasteiger partial charge in [0.2, 0.25) is 0 Å². The minimum absolute atomic E-state index is 0.334. The van der Waals surface area contributed by atoms with E-state index in [1.165, 1.54) is 0 Å². The molecule has 2 aromatic carbocycles. The topological polar surface area (TPSA) is 64.6 Å². The molecule has 0 saturated carbocycles. The first kappa shape index (κ1) is 15.7. The van der Waals surface area contributed by atoms with Crippen LogP contribution in [0, 0.1) is 12.3 Å². The number of hydrogen-bond donors (Lipinski definition) is 1. The number of para-hydroxylation sites is 2. The normalized spacial score (nSPS) is 10.3.